The van der Waals surface area contributed by atoms with Crippen LogP contribution in [0.4, 0.5) is 0 Å². The minimum atomic E-state index is -0.535. The van der Waals surface area contributed by atoms with Crippen LogP contribution in [0.25, 0.3) is 0 Å². The zero-order valence-electron chi connectivity index (χ0n) is 5.23. The Hall–Kier alpha value is -0.740. The molecule has 0 rings (SSSR count). The normalized spacial score (nSPS) is 11.4. The third-order valence-corrected chi connectivity index (χ3v) is 0.494. The molecule has 0 bridgehead atoms. The standard InChI is InChI=1S/C7H10O/c1-6(2)4-5-7(3)8/h7-8H,1H2,2-3H3. The number of aliphatic hydroxyl groups is 1. The van der Waals surface area contributed by atoms with E-state index in [1.165, 1.54) is 0 Å². The van der Waals surface area contributed by atoms with Crippen molar-refractivity contribution in [2.24, 2.45) is 0 Å². The fourth-order valence-corrected chi connectivity index (χ4v) is 0.228. The second-order valence-corrected chi connectivity index (χ2v) is 1.73. The minimum absolute atomic E-state index is 0.535. The summed E-state index contributed by atoms with van der Waals surface area (Å²) in [6.07, 6.45) is -0.535. The molecule has 8 heavy (non-hydrogen) atoms. The Balaban J connectivity index is 3.68. The van der Waals surface area contributed by atoms with Gasteiger partial charge in [0, 0.05) is 0 Å². The van der Waals surface area contributed by atoms with Gasteiger partial charge in [-0.3, -0.25) is 0 Å². The molecule has 0 aromatic carbocycles. The Morgan fingerprint density at radius 2 is 2.25 bits per heavy atom. The number of allylic oxidation sites excluding steroid dienone is 1. The van der Waals surface area contributed by atoms with Crippen LogP contribution in [-0.4, -0.2) is 11.2 Å². The molecule has 0 aliphatic carbocycles. The summed E-state index contributed by atoms with van der Waals surface area (Å²) in [6, 6.07) is 0. The van der Waals surface area contributed by atoms with Crippen LogP contribution >= 0.6 is 0 Å². The van der Waals surface area contributed by atoms with E-state index in [1.807, 2.05) is 0 Å². The molecule has 0 aromatic rings. The van der Waals surface area contributed by atoms with Crippen molar-refractivity contribution in [3.05, 3.63) is 12.2 Å². The Kier molecular flexibility index (Phi) is 2.98. The second-order valence-electron chi connectivity index (χ2n) is 1.73. The first-order chi connectivity index (χ1) is 3.63. The molecule has 1 atom stereocenters. The van der Waals surface area contributed by atoms with Crippen molar-refractivity contribution < 1.29 is 5.11 Å². The predicted molar refractivity (Wildman–Crippen MR) is 34.3 cm³/mol. The average molecular weight is 110 g/mol. The van der Waals surface area contributed by atoms with E-state index in [9.17, 15) is 0 Å². The molecule has 0 saturated heterocycles. The van der Waals surface area contributed by atoms with Crippen LogP contribution in [0, 0.1) is 11.8 Å². The molecule has 0 aliphatic rings. The number of hydrogen-bond donors (Lipinski definition) is 1. The van der Waals surface area contributed by atoms with E-state index in [0.29, 0.717) is 0 Å². The molecule has 0 fully saturated rings. The average Bonchev–Trinajstić information content (AvgIpc) is 1.61. The molecule has 0 saturated carbocycles. The molecule has 0 spiro atoms. The van der Waals surface area contributed by atoms with E-state index in [4.69, 9.17) is 5.11 Å². The lowest BCUT2D eigenvalue weighted by atomic mass is 10.3. The molecular weight excluding hydrogens is 100 g/mol. The molecule has 1 nitrogen and oxygen atoms in total. The van der Waals surface area contributed by atoms with Crippen molar-refractivity contribution in [1.29, 1.82) is 0 Å². The highest BCUT2D eigenvalue weighted by atomic mass is 16.3. The van der Waals surface area contributed by atoms with Crippen molar-refractivity contribution >= 4 is 0 Å². The monoisotopic (exact) mass is 110 g/mol. The van der Waals surface area contributed by atoms with E-state index in [1.54, 1.807) is 13.8 Å². The molecule has 0 amide bonds. The van der Waals surface area contributed by atoms with Crippen LogP contribution < -0.4 is 0 Å². The van der Waals surface area contributed by atoms with Crippen molar-refractivity contribution in [1.82, 2.24) is 0 Å². The molecule has 0 radical (unpaired) electrons. The first kappa shape index (κ1) is 7.26. The van der Waals surface area contributed by atoms with Crippen LogP contribution in [0.1, 0.15) is 13.8 Å². The zero-order valence-corrected chi connectivity index (χ0v) is 5.23. The lowest BCUT2D eigenvalue weighted by molar-refractivity contribution is 0.253. The van der Waals surface area contributed by atoms with E-state index in [-0.39, 0.29) is 0 Å². The third-order valence-electron chi connectivity index (χ3n) is 0.494. The van der Waals surface area contributed by atoms with Gasteiger partial charge in [0.05, 0.1) is 0 Å². The molecule has 0 aromatic heterocycles. The van der Waals surface area contributed by atoms with Crippen LogP contribution in [0.15, 0.2) is 12.2 Å². The number of rotatable bonds is 0. The Morgan fingerprint density at radius 1 is 1.75 bits per heavy atom. The van der Waals surface area contributed by atoms with E-state index >= 15 is 0 Å². The second kappa shape index (κ2) is 3.29. The highest BCUT2D eigenvalue weighted by Gasteiger charge is 1.80. The maximum absolute atomic E-state index is 8.59. The molecule has 44 valence electrons. The fourth-order valence-electron chi connectivity index (χ4n) is 0.228. The van der Waals surface area contributed by atoms with Crippen molar-refractivity contribution in [3.8, 4) is 11.8 Å². The summed E-state index contributed by atoms with van der Waals surface area (Å²) in [5.74, 6) is 5.20. The summed E-state index contributed by atoms with van der Waals surface area (Å²) in [5, 5.41) is 8.59. The van der Waals surface area contributed by atoms with E-state index in [2.05, 4.69) is 18.4 Å². The number of aliphatic hydroxyl groups excluding tert-OH is 1. The van der Waals surface area contributed by atoms with Gasteiger partial charge >= 0.3 is 0 Å². The van der Waals surface area contributed by atoms with Gasteiger partial charge in [0.15, 0.2) is 0 Å². The van der Waals surface area contributed by atoms with Gasteiger partial charge in [-0.1, -0.05) is 18.4 Å². The van der Waals surface area contributed by atoms with Crippen LogP contribution in [0.3, 0.4) is 0 Å². The fraction of sp³-hybridized carbons (Fsp3) is 0.429. The van der Waals surface area contributed by atoms with Gasteiger partial charge in [0.25, 0.3) is 0 Å². The maximum atomic E-state index is 8.59. The molecule has 1 unspecified atom stereocenters. The summed E-state index contributed by atoms with van der Waals surface area (Å²) < 4.78 is 0. The van der Waals surface area contributed by atoms with Gasteiger partial charge in [0.1, 0.15) is 6.10 Å². The number of hydrogen-bond acceptors (Lipinski definition) is 1. The smallest absolute Gasteiger partial charge is 0.112 e. The van der Waals surface area contributed by atoms with Crippen LogP contribution in [-0.2, 0) is 0 Å². The van der Waals surface area contributed by atoms with Crippen molar-refractivity contribution in [2.75, 3.05) is 0 Å². The van der Waals surface area contributed by atoms with Crippen molar-refractivity contribution in [3.63, 3.8) is 0 Å². The maximum Gasteiger partial charge on any atom is 0.112 e. The van der Waals surface area contributed by atoms with Crippen LogP contribution in [0.2, 0.25) is 0 Å². The van der Waals surface area contributed by atoms with Gasteiger partial charge in [-0.05, 0) is 19.4 Å². The summed E-state index contributed by atoms with van der Waals surface area (Å²) >= 11 is 0. The van der Waals surface area contributed by atoms with Gasteiger partial charge in [-0.15, -0.1) is 0 Å². The molecule has 1 N–H and O–H groups in total. The Bertz CT molecular complexity index is 134. The predicted octanol–water partition coefficient (Wildman–Crippen LogP) is 0.947. The third kappa shape index (κ3) is 5.26. The summed E-state index contributed by atoms with van der Waals surface area (Å²) in [7, 11) is 0. The summed E-state index contributed by atoms with van der Waals surface area (Å²) in [5.41, 5.74) is 0.783. The quantitative estimate of drug-likeness (QED) is 0.460. The lowest BCUT2D eigenvalue weighted by Crippen LogP contribution is -1.92. The minimum Gasteiger partial charge on any atom is -0.381 e. The molecule has 1 heteroatoms. The highest BCUT2D eigenvalue weighted by molar-refractivity contribution is 5.24. The summed E-state index contributed by atoms with van der Waals surface area (Å²) in [6.45, 7) is 6.96. The van der Waals surface area contributed by atoms with Gasteiger partial charge < -0.3 is 5.11 Å². The molecular formula is C7H10O. The Labute approximate surface area is 50.0 Å². The highest BCUT2D eigenvalue weighted by Crippen LogP contribution is 1.81. The van der Waals surface area contributed by atoms with Gasteiger partial charge in [-0.25, -0.2) is 0 Å². The lowest BCUT2D eigenvalue weighted by Gasteiger charge is -1.85. The SMILES string of the molecule is C=C(C)C#CC(C)O. The first-order valence-corrected chi connectivity index (χ1v) is 2.48. The van der Waals surface area contributed by atoms with E-state index in [0.717, 1.165) is 5.57 Å². The Morgan fingerprint density at radius 3 is 2.38 bits per heavy atom. The largest absolute Gasteiger partial charge is 0.381 e. The first-order valence-electron chi connectivity index (χ1n) is 2.48. The zero-order chi connectivity index (χ0) is 6.57. The molecule has 0 heterocycles. The van der Waals surface area contributed by atoms with Crippen molar-refractivity contribution in [2.45, 2.75) is 20.0 Å². The van der Waals surface area contributed by atoms with Crippen LogP contribution in [0.5, 0.6) is 0 Å². The topological polar surface area (TPSA) is 20.2 Å². The van der Waals surface area contributed by atoms with Gasteiger partial charge in [0.2, 0.25) is 0 Å². The van der Waals surface area contributed by atoms with Gasteiger partial charge in [-0.2, -0.15) is 0 Å². The summed E-state index contributed by atoms with van der Waals surface area (Å²) in [4.78, 5) is 0. The molecule has 0 aliphatic heterocycles. The van der Waals surface area contributed by atoms with E-state index < -0.39 is 6.10 Å².